The summed E-state index contributed by atoms with van der Waals surface area (Å²) in [4.78, 5) is 15.4. The largest absolute Gasteiger partial charge is 0.455 e. The Morgan fingerprint density at radius 3 is 1.58 bits per heavy atom. The van der Waals surface area contributed by atoms with E-state index in [1.165, 1.54) is 44.5 Å². The van der Waals surface area contributed by atoms with Crippen LogP contribution >= 0.6 is 0 Å². The molecule has 0 fully saturated rings. The van der Waals surface area contributed by atoms with Crippen molar-refractivity contribution in [3.8, 4) is 56.4 Å². The van der Waals surface area contributed by atoms with Crippen LogP contribution in [0.15, 0.2) is 168 Å². The lowest BCUT2D eigenvalue weighted by Gasteiger charge is -2.30. The van der Waals surface area contributed by atoms with Crippen molar-refractivity contribution in [1.82, 2.24) is 15.0 Å². The second-order valence-corrected chi connectivity index (χ2v) is 13.1. The summed E-state index contributed by atoms with van der Waals surface area (Å²) in [7, 11) is 0. The maximum atomic E-state index is 6.45. The van der Waals surface area contributed by atoms with Crippen molar-refractivity contribution in [3.05, 3.63) is 186 Å². The molecule has 0 unspecified atom stereocenters. The molecule has 0 N–H and O–H groups in total. The Kier molecular flexibility index (Phi) is 5.56. The van der Waals surface area contributed by atoms with Crippen LogP contribution in [0.4, 0.5) is 0 Å². The van der Waals surface area contributed by atoms with Gasteiger partial charge in [0.1, 0.15) is 11.2 Å². The Morgan fingerprint density at radius 2 is 0.880 bits per heavy atom. The highest BCUT2D eigenvalue weighted by molar-refractivity contribution is 6.09. The van der Waals surface area contributed by atoms with E-state index < -0.39 is 5.41 Å². The predicted octanol–water partition coefficient (Wildman–Crippen LogP) is 11.1. The number of furan rings is 1. The van der Waals surface area contributed by atoms with Crippen molar-refractivity contribution >= 4 is 21.9 Å². The van der Waals surface area contributed by atoms with Crippen LogP contribution in [0.5, 0.6) is 0 Å². The third-order valence-corrected chi connectivity index (χ3v) is 10.6. The molecule has 11 rings (SSSR count). The van der Waals surface area contributed by atoms with Gasteiger partial charge in [0.15, 0.2) is 17.5 Å². The molecule has 0 bridgehead atoms. The molecule has 7 aromatic carbocycles. The van der Waals surface area contributed by atoms with Gasteiger partial charge in [-0.25, -0.2) is 15.0 Å². The van der Waals surface area contributed by atoms with Crippen molar-refractivity contribution in [3.63, 3.8) is 0 Å². The Balaban J connectivity index is 1.18. The molecule has 1 spiro atoms. The maximum absolute atomic E-state index is 6.45. The van der Waals surface area contributed by atoms with Crippen molar-refractivity contribution in [2.75, 3.05) is 0 Å². The van der Waals surface area contributed by atoms with Crippen LogP contribution in [0.3, 0.4) is 0 Å². The average Bonchev–Trinajstić information content (AvgIpc) is 3.82. The van der Waals surface area contributed by atoms with Crippen LogP contribution in [0.1, 0.15) is 22.3 Å². The molecule has 9 aromatic rings. The summed E-state index contributed by atoms with van der Waals surface area (Å²) in [6, 6.07) is 57.8. The molecule has 4 heteroatoms. The summed E-state index contributed by atoms with van der Waals surface area (Å²) >= 11 is 0. The van der Waals surface area contributed by atoms with Gasteiger partial charge < -0.3 is 4.42 Å². The van der Waals surface area contributed by atoms with Gasteiger partial charge in [0.2, 0.25) is 0 Å². The van der Waals surface area contributed by atoms with Crippen molar-refractivity contribution in [2.45, 2.75) is 5.41 Å². The van der Waals surface area contributed by atoms with Gasteiger partial charge in [-0.3, -0.25) is 0 Å². The third kappa shape index (κ3) is 3.62. The topological polar surface area (TPSA) is 51.8 Å². The summed E-state index contributed by atoms with van der Waals surface area (Å²) in [6.45, 7) is 0. The van der Waals surface area contributed by atoms with Gasteiger partial charge in [0, 0.05) is 21.9 Å². The Hall–Kier alpha value is -6.65. The van der Waals surface area contributed by atoms with E-state index in [2.05, 4.69) is 109 Å². The molecule has 0 aliphatic heterocycles. The highest BCUT2D eigenvalue weighted by Crippen LogP contribution is 2.63. The number of hydrogen-bond donors (Lipinski definition) is 0. The molecule has 0 saturated carbocycles. The van der Waals surface area contributed by atoms with Crippen LogP contribution in [0, 0.1) is 0 Å². The number of aromatic nitrogens is 3. The number of nitrogens with zero attached hydrogens (tertiary/aromatic N) is 3. The molecule has 4 nitrogen and oxygen atoms in total. The summed E-state index contributed by atoms with van der Waals surface area (Å²) in [5.41, 5.74) is 14.1. The van der Waals surface area contributed by atoms with Gasteiger partial charge in [0.25, 0.3) is 0 Å². The number of hydrogen-bond acceptors (Lipinski definition) is 4. The average molecular weight is 638 g/mol. The molecule has 2 aliphatic rings. The third-order valence-electron chi connectivity index (χ3n) is 10.6. The van der Waals surface area contributed by atoms with Crippen molar-refractivity contribution < 1.29 is 4.42 Å². The molecule has 0 amide bonds. The van der Waals surface area contributed by atoms with Gasteiger partial charge >= 0.3 is 0 Å². The molecule has 0 radical (unpaired) electrons. The minimum absolute atomic E-state index is 0.451. The van der Waals surface area contributed by atoms with Gasteiger partial charge in [-0.05, 0) is 62.7 Å². The Labute approximate surface area is 288 Å². The van der Waals surface area contributed by atoms with E-state index in [9.17, 15) is 0 Å². The molecule has 0 saturated heterocycles. The molecule has 50 heavy (non-hydrogen) atoms. The molecular formula is C46H27N3O. The van der Waals surface area contributed by atoms with Crippen LogP contribution in [-0.4, -0.2) is 15.0 Å². The Morgan fingerprint density at radius 1 is 0.360 bits per heavy atom. The zero-order chi connectivity index (χ0) is 32.8. The van der Waals surface area contributed by atoms with Gasteiger partial charge in [-0.2, -0.15) is 0 Å². The van der Waals surface area contributed by atoms with E-state index in [0.29, 0.717) is 17.5 Å². The fourth-order valence-electron chi connectivity index (χ4n) is 8.50. The number of benzene rings is 7. The van der Waals surface area contributed by atoms with E-state index in [1.807, 2.05) is 54.6 Å². The van der Waals surface area contributed by atoms with E-state index >= 15 is 0 Å². The van der Waals surface area contributed by atoms with Crippen LogP contribution in [0.25, 0.3) is 78.4 Å². The van der Waals surface area contributed by atoms with E-state index in [0.717, 1.165) is 38.6 Å². The van der Waals surface area contributed by atoms with Crippen LogP contribution < -0.4 is 0 Å². The second kappa shape index (κ2) is 10.2. The fourth-order valence-corrected chi connectivity index (χ4v) is 8.50. The van der Waals surface area contributed by atoms with E-state index in [-0.39, 0.29) is 0 Å². The summed E-state index contributed by atoms with van der Waals surface area (Å²) in [5, 5.41) is 2.11. The first kappa shape index (κ1) is 27.3. The number of fused-ring (bicyclic) bond motifs is 13. The maximum Gasteiger partial charge on any atom is 0.167 e. The smallest absolute Gasteiger partial charge is 0.167 e. The molecule has 232 valence electrons. The van der Waals surface area contributed by atoms with E-state index in [1.54, 1.807) is 0 Å². The highest BCUT2D eigenvalue weighted by atomic mass is 16.3. The van der Waals surface area contributed by atoms with Crippen molar-refractivity contribution in [1.29, 1.82) is 0 Å². The fraction of sp³-hybridized carbons (Fsp3) is 0.0217. The Bertz CT molecular complexity index is 2770. The van der Waals surface area contributed by atoms with Crippen molar-refractivity contribution in [2.24, 2.45) is 0 Å². The predicted molar refractivity (Wildman–Crippen MR) is 200 cm³/mol. The zero-order valence-electron chi connectivity index (χ0n) is 26.8. The standard InChI is InChI=1S/C46H27N3O/c1-2-13-28(14-3-1)43-47-44(49-45(48-43)36-20-12-19-35-34-18-7-11-24-41(34)50-42(35)36)29-25-26-33-32-17-6-10-23-39(32)46(40(33)27-29)37-21-8-4-15-30(37)31-16-5-9-22-38(31)46/h1-27H. The summed E-state index contributed by atoms with van der Waals surface area (Å²) in [5.74, 6) is 1.82. The second-order valence-electron chi connectivity index (χ2n) is 13.1. The monoisotopic (exact) mass is 637 g/mol. The SMILES string of the molecule is c1ccc(-c2nc(-c3ccc4c(c3)C3(c5ccccc5-c5ccccc53)c3ccccc3-4)nc(-c3cccc4c3oc3ccccc34)n2)cc1. The van der Waals surface area contributed by atoms with Crippen LogP contribution in [0.2, 0.25) is 0 Å². The summed E-state index contributed by atoms with van der Waals surface area (Å²) in [6.07, 6.45) is 0. The first-order valence-corrected chi connectivity index (χ1v) is 17.0. The van der Waals surface area contributed by atoms with Gasteiger partial charge in [-0.15, -0.1) is 0 Å². The molecule has 2 aliphatic carbocycles. The first-order valence-electron chi connectivity index (χ1n) is 17.0. The minimum Gasteiger partial charge on any atom is -0.455 e. The lowest BCUT2D eigenvalue weighted by atomic mass is 9.70. The lowest BCUT2D eigenvalue weighted by Crippen LogP contribution is -2.25. The van der Waals surface area contributed by atoms with Crippen LogP contribution in [-0.2, 0) is 5.41 Å². The lowest BCUT2D eigenvalue weighted by molar-refractivity contribution is 0.669. The van der Waals surface area contributed by atoms with E-state index in [4.69, 9.17) is 19.4 Å². The summed E-state index contributed by atoms with van der Waals surface area (Å²) < 4.78 is 6.45. The quantitative estimate of drug-likeness (QED) is 0.193. The minimum atomic E-state index is -0.451. The normalized spacial score (nSPS) is 13.4. The first-order chi connectivity index (χ1) is 24.8. The highest BCUT2D eigenvalue weighted by Gasteiger charge is 2.51. The number of para-hydroxylation sites is 2. The van der Waals surface area contributed by atoms with Gasteiger partial charge in [-0.1, -0.05) is 146 Å². The molecule has 2 heterocycles. The zero-order valence-corrected chi connectivity index (χ0v) is 26.8. The molecule has 2 aromatic heterocycles. The number of rotatable bonds is 3. The molecular weight excluding hydrogens is 611 g/mol. The van der Waals surface area contributed by atoms with Gasteiger partial charge in [0.05, 0.1) is 11.0 Å². The molecule has 0 atom stereocenters.